The summed E-state index contributed by atoms with van der Waals surface area (Å²) < 4.78 is 14.7. The van der Waals surface area contributed by atoms with Crippen LogP contribution >= 0.6 is 15.9 Å². The molecule has 0 radical (unpaired) electrons. The number of nitriles is 1. The van der Waals surface area contributed by atoms with E-state index < -0.39 is 17.3 Å². The first-order valence-corrected chi connectivity index (χ1v) is 7.86. The summed E-state index contributed by atoms with van der Waals surface area (Å²) in [5, 5.41) is 20.2. The number of benzene rings is 1. The average molecular weight is 340 g/mol. The normalized spacial score (nSPS) is 27.9. The highest BCUT2D eigenvalue weighted by molar-refractivity contribution is 9.10. The van der Waals surface area contributed by atoms with Crippen LogP contribution in [0.1, 0.15) is 50.7 Å². The Labute approximate surface area is 127 Å². The summed E-state index contributed by atoms with van der Waals surface area (Å²) in [6, 6.07) is 6.80. The van der Waals surface area contributed by atoms with Gasteiger partial charge in [0.15, 0.2) is 0 Å². The van der Waals surface area contributed by atoms with Gasteiger partial charge in [0.05, 0.1) is 11.5 Å². The second kappa shape index (κ2) is 6.24. The fraction of sp³-hybridized carbons (Fsp3) is 0.562. The van der Waals surface area contributed by atoms with Gasteiger partial charge in [0.1, 0.15) is 11.9 Å². The van der Waals surface area contributed by atoms with Crippen molar-refractivity contribution in [3.05, 3.63) is 34.1 Å². The molecule has 0 heterocycles. The molecule has 1 aliphatic rings. The van der Waals surface area contributed by atoms with Gasteiger partial charge in [-0.05, 0) is 37.0 Å². The molecule has 0 bridgehead atoms. The minimum Gasteiger partial charge on any atom is -0.387 e. The van der Waals surface area contributed by atoms with Crippen molar-refractivity contribution in [2.45, 2.75) is 45.1 Å². The van der Waals surface area contributed by atoms with Crippen LogP contribution in [0.4, 0.5) is 4.39 Å². The summed E-state index contributed by atoms with van der Waals surface area (Å²) in [5.41, 5.74) is -0.640. The third-order valence-corrected chi connectivity index (χ3v) is 4.96. The van der Waals surface area contributed by atoms with Crippen molar-refractivity contribution in [2.24, 2.45) is 11.3 Å². The average Bonchev–Trinajstić information content (AvgIpc) is 2.48. The van der Waals surface area contributed by atoms with Crippen LogP contribution in [0.25, 0.3) is 0 Å². The molecule has 1 N–H and O–H groups in total. The predicted molar refractivity (Wildman–Crippen MR) is 79.4 cm³/mol. The SMILES string of the molecule is CCC1CCCC(C#N)(C(O)c2cc(Br)ccc2F)C1. The fourth-order valence-electron chi connectivity index (χ4n) is 3.21. The van der Waals surface area contributed by atoms with Crippen molar-refractivity contribution >= 4 is 15.9 Å². The molecule has 1 saturated carbocycles. The number of aliphatic hydroxyl groups is 1. The minimum absolute atomic E-state index is 0.220. The summed E-state index contributed by atoms with van der Waals surface area (Å²) >= 11 is 3.29. The number of nitrogens with zero attached hydrogens (tertiary/aromatic N) is 1. The largest absolute Gasteiger partial charge is 0.387 e. The van der Waals surface area contributed by atoms with Crippen LogP contribution in [0.2, 0.25) is 0 Å². The summed E-state index contributed by atoms with van der Waals surface area (Å²) in [7, 11) is 0. The molecule has 2 rings (SSSR count). The van der Waals surface area contributed by atoms with E-state index in [0.29, 0.717) is 23.2 Å². The van der Waals surface area contributed by atoms with Crippen molar-refractivity contribution < 1.29 is 9.50 Å². The first kappa shape index (κ1) is 15.5. The molecule has 20 heavy (non-hydrogen) atoms. The third-order valence-electron chi connectivity index (χ3n) is 4.46. The molecule has 0 aliphatic heterocycles. The summed E-state index contributed by atoms with van der Waals surface area (Å²) in [6.07, 6.45) is 3.21. The van der Waals surface area contributed by atoms with Gasteiger partial charge in [-0.2, -0.15) is 5.26 Å². The van der Waals surface area contributed by atoms with Gasteiger partial charge in [-0.1, -0.05) is 42.1 Å². The molecule has 2 nitrogen and oxygen atoms in total. The lowest BCUT2D eigenvalue weighted by Gasteiger charge is -2.39. The number of halogens is 2. The van der Waals surface area contributed by atoms with Crippen LogP contribution < -0.4 is 0 Å². The van der Waals surface area contributed by atoms with E-state index in [-0.39, 0.29) is 5.56 Å². The first-order valence-electron chi connectivity index (χ1n) is 7.06. The zero-order valence-corrected chi connectivity index (χ0v) is 13.2. The van der Waals surface area contributed by atoms with Gasteiger partial charge in [-0.15, -0.1) is 0 Å². The standard InChI is InChI=1S/C16H19BrFNO/c1-2-11-4-3-7-16(9-11,10-19)15(20)13-8-12(17)5-6-14(13)18/h5-6,8,11,15,20H,2-4,7,9H2,1H3. The van der Waals surface area contributed by atoms with Crippen LogP contribution in [0.3, 0.4) is 0 Å². The lowest BCUT2D eigenvalue weighted by atomic mass is 9.65. The molecule has 0 saturated heterocycles. The van der Waals surface area contributed by atoms with Crippen molar-refractivity contribution in [3.63, 3.8) is 0 Å². The molecule has 1 aliphatic carbocycles. The quantitative estimate of drug-likeness (QED) is 0.864. The van der Waals surface area contributed by atoms with Gasteiger partial charge in [-0.25, -0.2) is 4.39 Å². The van der Waals surface area contributed by atoms with Gasteiger partial charge in [-0.3, -0.25) is 0 Å². The van der Waals surface area contributed by atoms with Crippen molar-refractivity contribution in [1.29, 1.82) is 5.26 Å². The molecule has 1 aromatic rings. The number of aliphatic hydroxyl groups excluding tert-OH is 1. The number of hydrogen-bond acceptors (Lipinski definition) is 2. The molecule has 1 aromatic carbocycles. The zero-order chi connectivity index (χ0) is 14.8. The number of hydrogen-bond donors (Lipinski definition) is 1. The lowest BCUT2D eigenvalue weighted by Crippen LogP contribution is -2.34. The van der Waals surface area contributed by atoms with Crippen LogP contribution in [-0.4, -0.2) is 5.11 Å². The lowest BCUT2D eigenvalue weighted by molar-refractivity contribution is 0.0162. The second-order valence-corrected chi connectivity index (χ2v) is 6.62. The maximum atomic E-state index is 14.0. The van der Waals surface area contributed by atoms with Gasteiger partial charge < -0.3 is 5.11 Å². The molecule has 3 atom stereocenters. The summed E-state index contributed by atoms with van der Waals surface area (Å²) in [6.45, 7) is 2.10. The topological polar surface area (TPSA) is 44.0 Å². The van der Waals surface area contributed by atoms with Crippen LogP contribution in [0, 0.1) is 28.5 Å². The van der Waals surface area contributed by atoms with Crippen molar-refractivity contribution in [2.75, 3.05) is 0 Å². The predicted octanol–water partition coefficient (Wildman–Crippen LogP) is 4.73. The van der Waals surface area contributed by atoms with Gasteiger partial charge in [0.2, 0.25) is 0 Å². The Kier molecular flexibility index (Phi) is 4.82. The summed E-state index contributed by atoms with van der Waals surface area (Å²) in [5.74, 6) is -0.0118. The highest BCUT2D eigenvalue weighted by Gasteiger charge is 2.43. The van der Waals surface area contributed by atoms with E-state index in [9.17, 15) is 14.8 Å². The highest BCUT2D eigenvalue weighted by Crippen LogP contribution is 2.48. The van der Waals surface area contributed by atoms with E-state index in [0.717, 1.165) is 19.3 Å². The Bertz CT molecular complexity index is 528. The maximum absolute atomic E-state index is 14.0. The maximum Gasteiger partial charge on any atom is 0.129 e. The van der Waals surface area contributed by atoms with Gasteiger partial charge >= 0.3 is 0 Å². The Morgan fingerprint density at radius 2 is 2.35 bits per heavy atom. The Morgan fingerprint density at radius 3 is 3.00 bits per heavy atom. The molecule has 0 amide bonds. The Balaban J connectivity index is 2.36. The monoisotopic (exact) mass is 339 g/mol. The van der Waals surface area contributed by atoms with E-state index in [1.165, 1.54) is 6.07 Å². The van der Waals surface area contributed by atoms with Gasteiger partial charge in [0.25, 0.3) is 0 Å². The van der Waals surface area contributed by atoms with Crippen molar-refractivity contribution in [1.82, 2.24) is 0 Å². The molecule has 4 heteroatoms. The van der Waals surface area contributed by atoms with E-state index in [1.54, 1.807) is 12.1 Å². The zero-order valence-electron chi connectivity index (χ0n) is 11.6. The molecular formula is C16H19BrFNO. The van der Waals surface area contributed by atoms with E-state index >= 15 is 0 Å². The van der Waals surface area contributed by atoms with Crippen LogP contribution in [0.5, 0.6) is 0 Å². The minimum atomic E-state index is -1.07. The molecular weight excluding hydrogens is 321 g/mol. The molecule has 1 fully saturated rings. The third kappa shape index (κ3) is 2.89. The van der Waals surface area contributed by atoms with E-state index in [1.807, 2.05) is 0 Å². The second-order valence-electron chi connectivity index (χ2n) is 5.71. The van der Waals surface area contributed by atoms with Crippen molar-refractivity contribution in [3.8, 4) is 6.07 Å². The first-order chi connectivity index (χ1) is 9.52. The molecule has 0 spiro atoms. The Hall–Kier alpha value is -0.920. The van der Waals surface area contributed by atoms with E-state index in [2.05, 4.69) is 28.9 Å². The van der Waals surface area contributed by atoms with Gasteiger partial charge in [0, 0.05) is 10.0 Å². The summed E-state index contributed by atoms with van der Waals surface area (Å²) in [4.78, 5) is 0. The van der Waals surface area contributed by atoms with Crippen LogP contribution in [-0.2, 0) is 0 Å². The molecule has 0 aromatic heterocycles. The fourth-order valence-corrected chi connectivity index (χ4v) is 3.59. The van der Waals surface area contributed by atoms with E-state index in [4.69, 9.17) is 0 Å². The number of rotatable bonds is 3. The Morgan fingerprint density at radius 1 is 1.60 bits per heavy atom. The highest BCUT2D eigenvalue weighted by atomic mass is 79.9. The molecule has 3 unspecified atom stereocenters. The smallest absolute Gasteiger partial charge is 0.129 e. The van der Waals surface area contributed by atoms with Crippen LogP contribution in [0.15, 0.2) is 22.7 Å². The molecule has 108 valence electrons.